The summed E-state index contributed by atoms with van der Waals surface area (Å²) < 4.78 is 27.1. The second-order valence-corrected chi connectivity index (χ2v) is 6.25. The van der Waals surface area contributed by atoms with E-state index in [0.717, 1.165) is 0 Å². The lowest BCUT2D eigenvalue weighted by atomic mass is 10.3. The van der Waals surface area contributed by atoms with E-state index in [2.05, 4.69) is 5.32 Å². The van der Waals surface area contributed by atoms with Gasteiger partial charge >= 0.3 is 5.97 Å². The van der Waals surface area contributed by atoms with Gasteiger partial charge in [0, 0.05) is 6.04 Å². The Morgan fingerprint density at radius 1 is 1.53 bits per heavy atom. The van der Waals surface area contributed by atoms with Crippen molar-refractivity contribution < 1.29 is 17.9 Å². The molecule has 1 fully saturated rings. The van der Waals surface area contributed by atoms with Crippen LogP contribution in [0.1, 0.15) is 20.3 Å². The molecule has 0 radical (unpaired) electrons. The third-order valence-electron chi connectivity index (χ3n) is 2.13. The van der Waals surface area contributed by atoms with Crippen LogP contribution in [0.4, 0.5) is 0 Å². The fourth-order valence-corrected chi connectivity index (χ4v) is 3.20. The van der Waals surface area contributed by atoms with E-state index in [1.165, 1.54) is 0 Å². The van der Waals surface area contributed by atoms with Crippen molar-refractivity contribution in [2.24, 2.45) is 0 Å². The second-order valence-electron chi connectivity index (χ2n) is 4.02. The summed E-state index contributed by atoms with van der Waals surface area (Å²) in [7, 11) is -2.88. The number of hydrogen-bond donors (Lipinski definition) is 1. The highest BCUT2D eigenvalue weighted by Gasteiger charge is 2.27. The average molecular weight is 235 g/mol. The Morgan fingerprint density at radius 3 is 2.67 bits per heavy atom. The molecule has 0 aromatic rings. The van der Waals surface area contributed by atoms with E-state index < -0.39 is 9.84 Å². The molecular formula is C9H17NO4S. The number of nitrogens with one attached hydrogen (secondary N) is 1. The molecule has 1 heterocycles. The van der Waals surface area contributed by atoms with Gasteiger partial charge in [-0.2, -0.15) is 0 Å². The molecule has 0 aromatic carbocycles. The highest BCUT2D eigenvalue weighted by Crippen LogP contribution is 2.10. The van der Waals surface area contributed by atoms with Gasteiger partial charge in [-0.25, -0.2) is 8.42 Å². The summed E-state index contributed by atoms with van der Waals surface area (Å²) in [6, 6.07) is -0.102. The molecule has 5 nitrogen and oxygen atoms in total. The summed E-state index contributed by atoms with van der Waals surface area (Å²) in [6.07, 6.45) is 0.448. The highest BCUT2D eigenvalue weighted by atomic mass is 32.2. The van der Waals surface area contributed by atoms with Crippen LogP contribution in [0.25, 0.3) is 0 Å². The number of carbonyl (C=O) groups excluding carboxylic acids is 1. The number of esters is 1. The third kappa shape index (κ3) is 4.61. The number of hydrogen-bond acceptors (Lipinski definition) is 5. The van der Waals surface area contributed by atoms with Gasteiger partial charge in [0.15, 0.2) is 9.84 Å². The quantitative estimate of drug-likeness (QED) is 0.678. The molecule has 1 aliphatic heterocycles. The molecule has 1 aliphatic rings. The van der Waals surface area contributed by atoms with Crippen LogP contribution in [0, 0.1) is 0 Å². The summed E-state index contributed by atoms with van der Waals surface area (Å²) in [6.45, 7) is 3.63. The van der Waals surface area contributed by atoms with Crippen molar-refractivity contribution in [3.8, 4) is 0 Å². The first-order valence-electron chi connectivity index (χ1n) is 5.02. The second kappa shape index (κ2) is 4.94. The molecule has 0 amide bonds. The zero-order chi connectivity index (χ0) is 11.5. The smallest absolute Gasteiger partial charge is 0.320 e. The molecular weight excluding hydrogens is 218 g/mol. The number of carbonyl (C=O) groups is 1. The Kier molecular flexibility index (Phi) is 4.10. The Labute approximate surface area is 90.1 Å². The van der Waals surface area contributed by atoms with E-state index in [1.807, 2.05) is 0 Å². The lowest BCUT2D eigenvalue weighted by molar-refractivity contribution is -0.146. The Balaban J connectivity index is 2.24. The first-order chi connectivity index (χ1) is 6.89. The Bertz CT molecular complexity index is 323. The van der Waals surface area contributed by atoms with Gasteiger partial charge in [0.25, 0.3) is 0 Å². The van der Waals surface area contributed by atoms with Gasteiger partial charge in [-0.1, -0.05) is 0 Å². The lowest BCUT2D eigenvalue weighted by Gasteiger charge is -2.11. The fraction of sp³-hybridized carbons (Fsp3) is 0.889. The average Bonchev–Trinajstić information content (AvgIpc) is 2.41. The van der Waals surface area contributed by atoms with Crippen molar-refractivity contribution in [1.29, 1.82) is 0 Å². The first kappa shape index (κ1) is 12.4. The maximum Gasteiger partial charge on any atom is 0.320 e. The van der Waals surface area contributed by atoms with Gasteiger partial charge in [-0.3, -0.25) is 4.79 Å². The van der Waals surface area contributed by atoms with Crippen molar-refractivity contribution in [3.05, 3.63) is 0 Å². The van der Waals surface area contributed by atoms with Gasteiger partial charge in [0.05, 0.1) is 24.2 Å². The predicted octanol–water partition coefficient (Wildman–Crippen LogP) is -0.285. The van der Waals surface area contributed by atoms with Crippen molar-refractivity contribution in [3.63, 3.8) is 0 Å². The van der Waals surface area contributed by atoms with Crippen LogP contribution in [0.5, 0.6) is 0 Å². The van der Waals surface area contributed by atoms with Crippen molar-refractivity contribution >= 4 is 15.8 Å². The van der Waals surface area contributed by atoms with E-state index >= 15 is 0 Å². The van der Waals surface area contributed by atoms with Crippen LogP contribution in [-0.2, 0) is 19.4 Å². The molecule has 1 atom stereocenters. The van der Waals surface area contributed by atoms with Gasteiger partial charge in [0.1, 0.15) is 0 Å². The number of sulfone groups is 1. The van der Waals surface area contributed by atoms with Crippen LogP contribution >= 0.6 is 0 Å². The van der Waals surface area contributed by atoms with Gasteiger partial charge < -0.3 is 10.1 Å². The third-order valence-corrected chi connectivity index (χ3v) is 3.90. The standard InChI is InChI=1S/C9H17NO4S/c1-7(2)14-9(11)5-10-8-3-4-15(12,13)6-8/h7-8,10H,3-6H2,1-2H3. The maximum atomic E-state index is 11.1. The molecule has 1 N–H and O–H groups in total. The molecule has 6 heteroatoms. The molecule has 1 unspecified atom stereocenters. The SMILES string of the molecule is CC(C)OC(=O)CNC1CCS(=O)(=O)C1. The van der Waals surface area contributed by atoms with E-state index in [0.29, 0.717) is 6.42 Å². The fourth-order valence-electron chi connectivity index (χ4n) is 1.49. The molecule has 0 saturated carbocycles. The monoisotopic (exact) mass is 235 g/mol. The zero-order valence-corrected chi connectivity index (χ0v) is 9.84. The largest absolute Gasteiger partial charge is 0.462 e. The Morgan fingerprint density at radius 2 is 2.20 bits per heavy atom. The Hall–Kier alpha value is -0.620. The zero-order valence-electron chi connectivity index (χ0n) is 9.02. The lowest BCUT2D eigenvalue weighted by Crippen LogP contribution is -2.35. The van der Waals surface area contributed by atoms with Crippen LogP contribution in [0.2, 0.25) is 0 Å². The van der Waals surface area contributed by atoms with E-state index in [1.54, 1.807) is 13.8 Å². The normalized spacial score (nSPS) is 24.3. The minimum atomic E-state index is -2.88. The van der Waals surface area contributed by atoms with E-state index in [9.17, 15) is 13.2 Å². The van der Waals surface area contributed by atoms with E-state index in [4.69, 9.17) is 4.74 Å². The topological polar surface area (TPSA) is 72.5 Å². The number of rotatable bonds is 4. The van der Waals surface area contributed by atoms with Crippen molar-refractivity contribution in [2.45, 2.75) is 32.4 Å². The van der Waals surface area contributed by atoms with E-state index in [-0.39, 0.29) is 36.2 Å². The van der Waals surface area contributed by atoms with Crippen LogP contribution in [0.3, 0.4) is 0 Å². The molecule has 0 aliphatic carbocycles. The molecule has 0 aromatic heterocycles. The summed E-state index contributed by atoms with van der Waals surface area (Å²) in [5.41, 5.74) is 0. The molecule has 1 saturated heterocycles. The van der Waals surface area contributed by atoms with Crippen molar-refractivity contribution in [1.82, 2.24) is 5.32 Å². The van der Waals surface area contributed by atoms with Gasteiger partial charge in [-0.15, -0.1) is 0 Å². The molecule has 1 rings (SSSR count). The molecule has 15 heavy (non-hydrogen) atoms. The summed E-state index contributed by atoms with van der Waals surface area (Å²) in [4.78, 5) is 11.1. The highest BCUT2D eigenvalue weighted by molar-refractivity contribution is 7.91. The summed E-state index contributed by atoms with van der Waals surface area (Å²) >= 11 is 0. The molecule has 0 spiro atoms. The number of ether oxygens (including phenoxy) is 1. The van der Waals surface area contributed by atoms with Crippen LogP contribution in [-0.4, -0.2) is 44.6 Å². The first-order valence-corrected chi connectivity index (χ1v) is 6.84. The molecule has 88 valence electrons. The molecule has 0 bridgehead atoms. The van der Waals surface area contributed by atoms with Crippen LogP contribution in [0.15, 0.2) is 0 Å². The van der Waals surface area contributed by atoms with Crippen LogP contribution < -0.4 is 5.32 Å². The minimum absolute atomic E-state index is 0.0817. The summed E-state index contributed by atoms with van der Waals surface area (Å²) in [5.74, 6) is 0.000527. The predicted molar refractivity (Wildman–Crippen MR) is 56.3 cm³/mol. The van der Waals surface area contributed by atoms with Gasteiger partial charge in [-0.05, 0) is 20.3 Å². The summed E-state index contributed by atoms with van der Waals surface area (Å²) in [5, 5.41) is 2.89. The minimum Gasteiger partial charge on any atom is -0.462 e. The maximum absolute atomic E-state index is 11.1. The van der Waals surface area contributed by atoms with Gasteiger partial charge in [0.2, 0.25) is 0 Å². The van der Waals surface area contributed by atoms with Crippen molar-refractivity contribution in [2.75, 3.05) is 18.1 Å².